The van der Waals surface area contributed by atoms with Crippen LogP contribution in [0, 0.1) is 0 Å². The van der Waals surface area contributed by atoms with E-state index in [1.54, 1.807) is 0 Å². The molecule has 0 aromatic carbocycles. The van der Waals surface area contributed by atoms with E-state index < -0.39 is 36.4 Å². The van der Waals surface area contributed by atoms with Crippen LogP contribution < -0.4 is 169 Å². The van der Waals surface area contributed by atoms with Gasteiger partial charge in [0.25, 0.3) is 0 Å². The average molecular weight is 408 g/mol. The van der Waals surface area contributed by atoms with E-state index >= 15 is 0 Å². The fourth-order valence-corrected chi connectivity index (χ4v) is 1.36. The summed E-state index contributed by atoms with van der Waals surface area (Å²) in [7, 11) is 0. The van der Waals surface area contributed by atoms with Gasteiger partial charge in [-0.25, -0.2) is 0 Å². The molecule has 0 aliphatic heterocycles. The predicted molar refractivity (Wildman–Crippen MR) is 62.7 cm³/mol. The molecule has 0 aromatic rings. The zero-order valence-corrected chi connectivity index (χ0v) is 24.2. The SMILES string of the molecule is CCN(CC)CC.O=C([O-])CC(O)(CC(=O)[O-])C(=O)[O-].[K+].[K+].[K+]. The minimum Gasteiger partial charge on any atom is -0.550 e. The fourth-order valence-electron chi connectivity index (χ4n) is 1.36. The van der Waals surface area contributed by atoms with Crippen molar-refractivity contribution in [1.29, 1.82) is 0 Å². The van der Waals surface area contributed by atoms with Crippen LogP contribution in [0.5, 0.6) is 0 Å². The van der Waals surface area contributed by atoms with Crippen molar-refractivity contribution in [2.75, 3.05) is 19.6 Å². The molecule has 8 nitrogen and oxygen atoms in total. The van der Waals surface area contributed by atoms with Gasteiger partial charge in [0.2, 0.25) is 0 Å². The number of aliphatic carboxylic acids is 3. The van der Waals surface area contributed by atoms with Crippen LogP contribution in [0.1, 0.15) is 33.6 Å². The number of hydrogen-bond donors (Lipinski definition) is 1. The first-order valence-corrected chi connectivity index (χ1v) is 6.18. The van der Waals surface area contributed by atoms with Crippen LogP contribution in [0.4, 0.5) is 0 Å². The molecule has 0 radical (unpaired) electrons. The Bertz CT molecular complexity index is 317. The first-order valence-electron chi connectivity index (χ1n) is 6.18. The third kappa shape index (κ3) is 21.4. The van der Waals surface area contributed by atoms with Gasteiger partial charge in [-0.15, -0.1) is 0 Å². The number of aliphatic hydroxyl groups is 1. The number of carbonyl (C=O) groups is 3. The van der Waals surface area contributed by atoms with Gasteiger partial charge < -0.3 is 39.7 Å². The third-order valence-electron chi connectivity index (χ3n) is 2.60. The Kier molecular flexibility index (Phi) is 34.7. The maximum atomic E-state index is 10.1. The Morgan fingerprint density at radius 3 is 1.17 bits per heavy atom. The molecule has 0 heterocycles. The Morgan fingerprint density at radius 1 is 0.826 bits per heavy atom. The Hall–Kier alpha value is 3.24. The second kappa shape index (κ2) is 21.5. The molecule has 0 aliphatic carbocycles. The molecule has 0 aliphatic rings. The summed E-state index contributed by atoms with van der Waals surface area (Å²) in [6.45, 7) is 10.1. The van der Waals surface area contributed by atoms with E-state index in [9.17, 15) is 29.7 Å². The summed E-state index contributed by atoms with van der Waals surface area (Å²) < 4.78 is 0. The van der Waals surface area contributed by atoms with Crippen LogP contribution in [0.15, 0.2) is 0 Å². The van der Waals surface area contributed by atoms with Crippen molar-refractivity contribution < 1.29 is 189 Å². The van der Waals surface area contributed by atoms with Gasteiger partial charge in [-0.2, -0.15) is 0 Å². The fraction of sp³-hybridized carbons (Fsp3) is 0.750. The summed E-state index contributed by atoms with van der Waals surface area (Å²) in [5, 5.41) is 38.9. The molecule has 0 amide bonds. The van der Waals surface area contributed by atoms with E-state index in [2.05, 4.69) is 25.7 Å². The Morgan fingerprint density at radius 2 is 1.09 bits per heavy atom. The molecule has 0 unspecified atom stereocenters. The van der Waals surface area contributed by atoms with E-state index in [0.29, 0.717) is 0 Å². The van der Waals surface area contributed by atoms with Gasteiger partial charge in [-0.1, -0.05) is 20.8 Å². The number of rotatable bonds is 8. The maximum absolute atomic E-state index is 10.1. The quantitative estimate of drug-likeness (QED) is 0.391. The molecule has 0 saturated carbocycles. The zero-order chi connectivity index (χ0) is 16.3. The number of nitrogens with zero attached hydrogens (tertiary/aromatic N) is 1. The molecular formula is C12H20K3NO7. The predicted octanol–water partition coefficient (Wildman–Crippen LogP) is -12.9. The van der Waals surface area contributed by atoms with Crippen LogP contribution in [0.2, 0.25) is 0 Å². The van der Waals surface area contributed by atoms with Gasteiger partial charge in [-0.3, -0.25) is 0 Å². The number of carbonyl (C=O) groups excluding carboxylic acids is 3. The molecule has 1 N–H and O–H groups in total. The van der Waals surface area contributed by atoms with Gasteiger partial charge in [0, 0.05) is 24.8 Å². The number of carboxylic acid groups (broad SMARTS) is 3. The first-order chi connectivity index (χ1) is 9.12. The zero-order valence-electron chi connectivity index (χ0n) is 14.9. The van der Waals surface area contributed by atoms with E-state index in [1.807, 2.05) is 0 Å². The molecule has 118 valence electrons. The summed E-state index contributed by atoms with van der Waals surface area (Å²) in [5.41, 5.74) is -2.97. The van der Waals surface area contributed by atoms with E-state index in [4.69, 9.17) is 5.11 Å². The van der Waals surface area contributed by atoms with E-state index in [0.717, 1.165) is 0 Å². The van der Waals surface area contributed by atoms with Gasteiger partial charge in [0.15, 0.2) is 0 Å². The van der Waals surface area contributed by atoms with Crippen LogP contribution >= 0.6 is 0 Å². The van der Waals surface area contributed by atoms with E-state index in [1.165, 1.54) is 19.6 Å². The van der Waals surface area contributed by atoms with Crippen LogP contribution in [0.3, 0.4) is 0 Å². The topological polar surface area (TPSA) is 144 Å². The first kappa shape index (κ1) is 37.1. The van der Waals surface area contributed by atoms with E-state index in [-0.39, 0.29) is 154 Å². The van der Waals surface area contributed by atoms with Crippen molar-refractivity contribution in [2.45, 2.75) is 39.2 Å². The summed E-state index contributed by atoms with van der Waals surface area (Å²) in [6.07, 6.45) is -2.72. The molecular weight excluding hydrogens is 387 g/mol. The van der Waals surface area contributed by atoms with Crippen molar-refractivity contribution in [3.8, 4) is 0 Å². The number of hydrogen-bond acceptors (Lipinski definition) is 8. The Labute approximate surface area is 264 Å². The second-order valence-corrected chi connectivity index (χ2v) is 4.04. The van der Waals surface area contributed by atoms with Crippen molar-refractivity contribution >= 4 is 17.9 Å². The third-order valence-corrected chi connectivity index (χ3v) is 2.60. The minimum absolute atomic E-state index is 0. The Balaban J connectivity index is -0.0000000945. The van der Waals surface area contributed by atoms with Gasteiger partial charge in [0.05, 0.1) is 5.97 Å². The normalized spacial score (nSPS) is 9.26. The van der Waals surface area contributed by atoms with Gasteiger partial charge in [-0.05, 0) is 19.6 Å². The van der Waals surface area contributed by atoms with Crippen molar-refractivity contribution in [1.82, 2.24) is 4.90 Å². The van der Waals surface area contributed by atoms with Crippen molar-refractivity contribution in [3.05, 3.63) is 0 Å². The second-order valence-electron chi connectivity index (χ2n) is 4.04. The summed E-state index contributed by atoms with van der Waals surface area (Å²) >= 11 is 0. The molecule has 23 heavy (non-hydrogen) atoms. The molecule has 0 bridgehead atoms. The molecule has 0 aromatic heterocycles. The summed E-state index contributed by atoms with van der Waals surface area (Å²) in [5.74, 6) is -5.98. The number of carboxylic acids is 3. The molecule has 0 atom stereocenters. The minimum atomic E-state index is -2.97. The molecule has 0 saturated heterocycles. The molecule has 11 heteroatoms. The largest absolute Gasteiger partial charge is 1.00 e. The molecule has 0 rings (SSSR count). The summed E-state index contributed by atoms with van der Waals surface area (Å²) in [4.78, 5) is 32.4. The van der Waals surface area contributed by atoms with Gasteiger partial charge in [0.1, 0.15) is 5.60 Å². The maximum Gasteiger partial charge on any atom is 1.00 e. The standard InChI is InChI=1S/C6H15N.C6H8O7.3K/c1-4-7(5-2)6-3;7-3(8)1-6(13,5(11)12)2-4(9)10;;;/h4-6H2,1-3H3;13H,1-2H2,(H,7,8)(H,9,10)(H,11,12);;;/q;;3*+1/p-3. The van der Waals surface area contributed by atoms with Crippen molar-refractivity contribution in [3.63, 3.8) is 0 Å². The van der Waals surface area contributed by atoms with Gasteiger partial charge >= 0.3 is 154 Å². The average Bonchev–Trinajstić information content (AvgIpc) is 2.29. The van der Waals surface area contributed by atoms with Crippen LogP contribution in [-0.4, -0.2) is 53.1 Å². The van der Waals surface area contributed by atoms with Crippen LogP contribution in [0.25, 0.3) is 0 Å². The molecule has 0 fully saturated rings. The smallest absolute Gasteiger partial charge is 0.550 e. The molecule has 0 spiro atoms. The van der Waals surface area contributed by atoms with Crippen LogP contribution in [-0.2, 0) is 14.4 Å². The van der Waals surface area contributed by atoms with Crippen molar-refractivity contribution in [2.24, 2.45) is 0 Å². The monoisotopic (exact) mass is 407 g/mol. The summed E-state index contributed by atoms with van der Waals surface area (Å²) in [6, 6.07) is 0.